The largest absolute Gasteiger partial charge is 0.462 e. The third-order valence-electron chi connectivity index (χ3n) is 4.21. The highest BCUT2D eigenvalue weighted by Gasteiger charge is 2.36. The molecule has 0 spiro atoms. The van der Waals surface area contributed by atoms with E-state index in [1.807, 2.05) is 66.7 Å². The number of allylic oxidation sites excluding steroid dienone is 3. The Morgan fingerprint density at radius 2 is 1.61 bits per heavy atom. The van der Waals surface area contributed by atoms with E-state index < -0.39 is 11.4 Å². The molecule has 1 N–H and O–H groups in total. The second-order valence-corrected chi connectivity index (χ2v) is 6.26. The minimum absolute atomic E-state index is 0.0498. The van der Waals surface area contributed by atoms with Gasteiger partial charge in [0.15, 0.2) is 5.41 Å². The molecule has 0 fully saturated rings. The lowest BCUT2D eigenvalue weighted by Gasteiger charge is -2.24. The van der Waals surface area contributed by atoms with Crippen molar-refractivity contribution in [2.45, 2.75) is 6.42 Å². The quantitative estimate of drug-likeness (QED) is 0.666. The summed E-state index contributed by atoms with van der Waals surface area (Å²) in [7, 11) is 0. The number of hydrogen-bond donors (Lipinski definition) is 1. The van der Waals surface area contributed by atoms with Crippen molar-refractivity contribution in [1.82, 2.24) is 0 Å². The fourth-order valence-corrected chi connectivity index (χ4v) is 2.66. The summed E-state index contributed by atoms with van der Waals surface area (Å²) in [6.07, 6.45) is 5.82. The van der Waals surface area contributed by atoms with Crippen molar-refractivity contribution in [3.63, 3.8) is 0 Å². The molecule has 1 aliphatic rings. The van der Waals surface area contributed by atoms with Crippen LogP contribution < -0.4 is 0 Å². The SMILES string of the molecule is O=C(OCCO)C1(C#Cc2ccccc2)C=CC(C#Cc2ccccc2)=CC1. The fraction of sp³-hybridized carbons (Fsp3) is 0.160. The number of carbonyl (C=O) groups excluding carboxylic acids is 1. The van der Waals surface area contributed by atoms with Gasteiger partial charge in [0.2, 0.25) is 0 Å². The molecule has 0 saturated carbocycles. The van der Waals surface area contributed by atoms with E-state index in [0.717, 1.165) is 16.7 Å². The van der Waals surface area contributed by atoms with Crippen molar-refractivity contribution >= 4 is 5.97 Å². The van der Waals surface area contributed by atoms with E-state index in [2.05, 4.69) is 23.7 Å². The van der Waals surface area contributed by atoms with E-state index >= 15 is 0 Å². The first-order valence-corrected chi connectivity index (χ1v) is 9.05. The Bertz CT molecular complexity index is 996. The van der Waals surface area contributed by atoms with Gasteiger partial charge in [0.05, 0.1) is 6.61 Å². The Labute approximate surface area is 165 Å². The van der Waals surface area contributed by atoms with Gasteiger partial charge in [-0.3, -0.25) is 4.79 Å². The van der Waals surface area contributed by atoms with Crippen molar-refractivity contribution in [1.29, 1.82) is 0 Å². The summed E-state index contributed by atoms with van der Waals surface area (Å²) in [5.41, 5.74) is 1.50. The maximum absolute atomic E-state index is 12.6. The summed E-state index contributed by atoms with van der Waals surface area (Å²) in [5, 5.41) is 8.96. The second kappa shape index (κ2) is 9.42. The smallest absolute Gasteiger partial charge is 0.328 e. The van der Waals surface area contributed by atoms with Crippen LogP contribution in [0.15, 0.2) is 84.5 Å². The number of benzene rings is 2. The number of ether oxygens (including phenoxy) is 1. The van der Waals surface area contributed by atoms with Crippen molar-refractivity contribution in [2.75, 3.05) is 13.2 Å². The minimum Gasteiger partial charge on any atom is -0.462 e. The van der Waals surface area contributed by atoms with Gasteiger partial charge in [0.25, 0.3) is 0 Å². The van der Waals surface area contributed by atoms with Crippen LogP contribution in [0.25, 0.3) is 0 Å². The van der Waals surface area contributed by atoms with Crippen molar-refractivity contribution in [3.8, 4) is 23.7 Å². The highest BCUT2D eigenvalue weighted by atomic mass is 16.5. The van der Waals surface area contributed by atoms with E-state index in [1.165, 1.54) is 0 Å². The van der Waals surface area contributed by atoms with E-state index in [4.69, 9.17) is 9.84 Å². The monoisotopic (exact) mass is 368 g/mol. The number of hydrogen-bond acceptors (Lipinski definition) is 3. The predicted molar refractivity (Wildman–Crippen MR) is 109 cm³/mol. The Balaban J connectivity index is 1.83. The van der Waals surface area contributed by atoms with E-state index in [-0.39, 0.29) is 13.2 Å². The molecule has 0 radical (unpaired) electrons. The summed E-state index contributed by atoms with van der Waals surface area (Å²) in [6, 6.07) is 19.2. The van der Waals surface area contributed by atoms with Gasteiger partial charge in [0, 0.05) is 16.7 Å². The summed E-state index contributed by atoms with van der Waals surface area (Å²) in [4.78, 5) is 12.6. The normalized spacial score (nSPS) is 17.4. The minimum atomic E-state index is -1.08. The summed E-state index contributed by atoms with van der Waals surface area (Å²) >= 11 is 0. The number of esters is 1. The highest BCUT2D eigenvalue weighted by molar-refractivity contribution is 5.84. The molecule has 3 heteroatoms. The molecule has 0 aliphatic heterocycles. The van der Waals surface area contributed by atoms with E-state index in [0.29, 0.717) is 6.42 Å². The first-order valence-electron chi connectivity index (χ1n) is 9.05. The van der Waals surface area contributed by atoms with Crippen LogP contribution in [0.5, 0.6) is 0 Å². The molecule has 1 atom stereocenters. The fourth-order valence-electron chi connectivity index (χ4n) is 2.66. The van der Waals surface area contributed by atoms with Crippen LogP contribution in [0.1, 0.15) is 17.5 Å². The van der Waals surface area contributed by atoms with Gasteiger partial charge in [-0.25, -0.2) is 0 Å². The molecule has 2 aromatic rings. The zero-order chi connectivity index (χ0) is 19.7. The zero-order valence-corrected chi connectivity index (χ0v) is 15.4. The van der Waals surface area contributed by atoms with Gasteiger partial charge >= 0.3 is 5.97 Å². The molecule has 0 heterocycles. The Hall–Kier alpha value is -3.53. The number of aliphatic hydroxyl groups is 1. The summed E-state index contributed by atoms with van der Waals surface area (Å²) < 4.78 is 5.18. The number of carbonyl (C=O) groups is 1. The zero-order valence-electron chi connectivity index (χ0n) is 15.4. The molecule has 28 heavy (non-hydrogen) atoms. The second-order valence-electron chi connectivity index (χ2n) is 6.26. The van der Waals surface area contributed by atoms with Crippen molar-refractivity contribution < 1.29 is 14.6 Å². The third kappa shape index (κ3) is 5.01. The molecule has 2 aromatic carbocycles. The van der Waals surface area contributed by atoms with Crippen molar-refractivity contribution in [2.24, 2.45) is 5.41 Å². The molecular formula is C25H20O3. The van der Waals surface area contributed by atoms with Crippen molar-refractivity contribution in [3.05, 3.63) is 95.6 Å². The van der Waals surface area contributed by atoms with Gasteiger partial charge in [-0.15, -0.1) is 0 Å². The molecule has 3 nitrogen and oxygen atoms in total. The lowest BCUT2D eigenvalue weighted by Crippen LogP contribution is -2.31. The molecule has 138 valence electrons. The maximum Gasteiger partial charge on any atom is 0.328 e. The molecule has 1 unspecified atom stereocenters. The van der Waals surface area contributed by atoms with Gasteiger partial charge in [-0.1, -0.05) is 72.2 Å². The topological polar surface area (TPSA) is 46.5 Å². The molecule has 3 rings (SSSR count). The standard InChI is InChI=1S/C25H20O3/c26-19-20-28-24(27)25(16-13-22-9-5-2-6-10-22)17-14-23(15-18-25)12-11-21-7-3-1-4-8-21/h1-10,14-15,17,26H,18-20H2. The lowest BCUT2D eigenvalue weighted by molar-refractivity contribution is -0.151. The maximum atomic E-state index is 12.6. The molecular weight excluding hydrogens is 348 g/mol. The van der Waals surface area contributed by atoms with Crippen LogP contribution in [-0.2, 0) is 9.53 Å². The molecule has 0 aromatic heterocycles. The molecule has 1 aliphatic carbocycles. The van der Waals surface area contributed by atoms with E-state index in [1.54, 1.807) is 12.2 Å². The Morgan fingerprint density at radius 3 is 2.18 bits per heavy atom. The molecule has 0 saturated heterocycles. The summed E-state index contributed by atoms with van der Waals surface area (Å²) in [5.74, 6) is 11.9. The van der Waals surface area contributed by atoms with Gasteiger partial charge < -0.3 is 9.84 Å². The van der Waals surface area contributed by atoms with E-state index in [9.17, 15) is 4.79 Å². The van der Waals surface area contributed by atoms with Gasteiger partial charge in [-0.2, -0.15) is 0 Å². The van der Waals surface area contributed by atoms with Gasteiger partial charge in [-0.05, 0) is 36.8 Å². The number of rotatable bonds is 3. The molecule has 0 amide bonds. The molecule has 0 bridgehead atoms. The van der Waals surface area contributed by atoms with Crippen LogP contribution in [0.2, 0.25) is 0 Å². The lowest BCUT2D eigenvalue weighted by atomic mass is 9.80. The summed E-state index contributed by atoms with van der Waals surface area (Å²) in [6.45, 7) is -0.271. The van der Waals surface area contributed by atoms with Gasteiger partial charge in [0.1, 0.15) is 6.61 Å². The number of aliphatic hydroxyl groups excluding tert-OH is 1. The first kappa shape index (κ1) is 19.2. The first-order chi connectivity index (χ1) is 13.7. The van der Waals surface area contributed by atoms with Crippen LogP contribution >= 0.6 is 0 Å². The Morgan fingerprint density at radius 1 is 0.964 bits per heavy atom. The third-order valence-corrected chi connectivity index (χ3v) is 4.21. The average molecular weight is 368 g/mol. The van der Waals surface area contributed by atoms with Crippen LogP contribution in [0.4, 0.5) is 0 Å². The Kier molecular flexibility index (Phi) is 6.47. The highest BCUT2D eigenvalue weighted by Crippen LogP contribution is 2.31. The van der Waals surface area contributed by atoms with Crippen LogP contribution in [-0.4, -0.2) is 24.3 Å². The van der Waals surface area contributed by atoms with Crippen LogP contribution in [0.3, 0.4) is 0 Å². The van der Waals surface area contributed by atoms with Crippen LogP contribution in [0, 0.1) is 29.1 Å². The predicted octanol–water partition coefficient (Wildman–Crippen LogP) is 3.50. The average Bonchev–Trinajstić information content (AvgIpc) is 2.77.